The number of hydrogen-bond acceptors (Lipinski definition) is 0. The Labute approximate surface area is 405 Å². The molecular weight excluding hydrogens is 963 g/mol. The molecule has 0 amide bonds. The van der Waals surface area contributed by atoms with Crippen molar-refractivity contribution in [1.29, 1.82) is 0 Å². The summed E-state index contributed by atoms with van der Waals surface area (Å²) in [6, 6.07) is 27.3. The molecule has 9 heteroatoms. The zero-order valence-corrected chi connectivity index (χ0v) is 44.0. The van der Waals surface area contributed by atoms with Gasteiger partial charge in [0.25, 0.3) is 0 Å². The third kappa shape index (κ3) is 13.9. The van der Waals surface area contributed by atoms with E-state index in [1.165, 1.54) is 71.2 Å². The third-order valence-corrected chi connectivity index (χ3v) is 12.5. The predicted molar refractivity (Wildman–Crippen MR) is 248 cm³/mol. The normalized spacial score (nSPS) is 13.3. The zero-order valence-electron chi connectivity index (χ0n) is 35.5. The van der Waals surface area contributed by atoms with Gasteiger partial charge in [0.15, 0.2) is 0 Å². The van der Waals surface area contributed by atoms with Crippen molar-refractivity contribution < 1.29 is 49.0 Å². The van der Waals surface area contributed by atoms with Crippen LogP contribution in [-0.4, -0.2) is 3.21 Å². The Hall–Kier alpha value is -0.697. The maximum absolute atomic E-state index is 5.86. The van der Waals surface area contributed by atoms with Gasteiger partial charge in [-0.1, -0.05) is 117 Å². The van der Waals surface area contributed by atoms with E-state index in [9.17, 15) is 0 Å². The molecule has 5 aromatic carbocycles. The summed E-state index contributed by atoms with van der Waals surface area (Å²) in [7, 11) is 0. The number of benzene rings is 4. The molecule has 0 nitrogen and oxygen atoms in total. The molecule has 312 valence electrons. The van der Waals surface area contributed by atoms with Crippen LogP contribution in [0.3, 0.4) is 0 Å². The summed E-state index contributed by atoms with van der Waals surface area (Å²) in [5.74, 6) is 0. The van der Waals surface area contributed by atoms with Crippen molar-refractivity contribution in [3.8, 4) is 0 Å². The van der Waals surface area contributed by atoms with Crippen LogP contribution in [0, 0.1) is 6.08 Å². The Kier molecular flexibility index (Phi) is 18.6. The maximum atomic E-state index is 5.86. The van der Waals surface area contributed by atoms with Gasteiger partial charge in [-0.3, -0.25) is 6.08 Å². The average molecular weight is 1020 g/mol. The van der Waals surface area contributed by atoms with Crippen LogP contribution in [0.1, 0.15) is 134 Å². The van der Waals surface area contributed by atoms with Crippen LogP contribution >= 0.6 is 69.6 Å². The molecule has 0 aliphatic heterocycles. The summed E-state index contributed by atoms with van der Waals surface area (Å²) in [6.45, 7) is 28.0. The van der Waals surface area contributed by atoms with Crippen LogP contribution in [0.2, 0.25) is 0 Å². The molecule has 0 radical (unpaired) electrons. The number of halogens is 8. The van der Waals surface area contributed by atoms with Gasteiger partial charge in [-0.05, 0) is 21.7 Å². The Morgan fingerprint density at radius 3 is 1.05 bits per heavy atom. The van der Waals surface area contributed by atoms with Crippen molar-refractivity contribution in [2.45, 2.75) is 119 Å². The van der Waals surface area contributed by atoms with Crippen molar-refractivity contribution in [2.24, 2.45) is 0 Å². The topological polar surface area (TPSA) is 0 Å². The van der Waals surface area contributed by atoms with E-state index in [1.807, 2.05) is 60.7 Å². The molecule has 0 spiro atoms. The first-order chi connectivity index (χ1) is 25.5. The summed E-state index contributed by atoms with van der Waals surface area (Å²) in [4.78, 5) is 0. The van der Waals surface area contributed by atoms with Crippen molar-refractivity contribution in [2.75, 3.05) is 0 Å². The second kappa shape index (κ2) is 20.2. The van der Waals surface area contributed by atoms with Crippen molar-refractivity contribution in [1.82, 2.24) is 0 Å². The summed E-state index contributed by atoms with van der Waals surface area (Å²) < 4.78 is -1.66. The Morgan fingerprint density at radius 2 is 0.828 bits per heavy atom. The van der Waals surface area contributed by atoms with Gasteiger partial charge in [-0.15, -0.1) is 46.2 Å². The second-order valence-corrected chi connectivity index (χ2v) is 24.4. The summed E-state index contributed by atoms with van der Waals surface area (Å²) in [5, 5.41) is 5.57. The van der Waals surface area contributed by atoms with Gasteiger partial charge < -0.3 is 24.8 Å². The molecule has 5 aromatic rings. The van der Waals surface area contributed by atoms with Crippen LogP contribution < -0.4 is 24.8 Å². The molecule has 58 heavy (non-hydrogen) atoms. The molecule has 1 aliphatic carbocycles. The van der Waals surface area contributed by atoms with Crippen molar-refractivity contribution in [3.63, 3.8) is 0 Å². The minimum Gasteiger partial charge on any atom is -1.00 e. The Morgan fingerprint density at radius 1 is 0.517 bits per heavy atom. The molecule has 1 aliphatic rings. The third-order valence-electron chi connectivity index (χ3n) is 9.80. The van der Waals surface area contributed by atoms with E-state index in [2.05, 4.69) is 126 Å². The standard InChI is InChI=1S/C29H41.C15H8Cl6.C5H5.2ClH.Zr/c1-26(2,3)22-14-18-13-19-15-23(27(4,5)6)25(29(10,11)12)17-21(19)20(18)16-24(22)28(7,8)9;16-14(17,18)12-5-1-10(2-6-12)9-11-3-7-13(8-4-11)15(19,20)21;1-2-4-5-3-1;;;/h13-17H,1-12H3;1-8H;1-3H,4H2;2*1H;/q-1;;-1;;;+2/p-2. The van der Waals surface area contributed by atoms with E-state index in [-0.39, 0.29) is 46.5 Å². The largest absolute Gasteiger partial charge is 1.00 e. The Balaban J connectivity index is 0.000000354. The summed E-state index contributed by atoms with van der Waals surface area (Å²) in [6.07, 6.45) is 10.0. The minimum absolute atomic E-state index is 0. The first-order valence-corrected chi connectivity index (χ1v) is 22.4. The molecule has 0 saturated carbocycles. The predicted octanol–water partition coefficient (Wildman–Crippen LogP) is 10.7. The minimum atomic E-state index is -1.41. The van der Waals surface area contributed by atoms with Gasteiger partial charge in [0.2, 0.25) is 0 Å². The first kappa shape index (κ1) is 53.4. The number of fused-ring (bicyclic) bond motifs is 3. The van der Waals surface area contributed by atoms with Gasteiger partial charge in [-0.25, -0.2) is 12.2 Å². The quantitative estimate of drug-likeness (QED) is 0.122. The van der Waals surface area contributed by atoms with Crippen molar-refractivity contribution >= 4 is 94.4 Å². The zero-order chi connectivity index (χ0) is 42.2. The van der Waals surface area contributed by atoms with Crippen LogP contribution in [-0.2, 0) is 53.5 Å². The van der Waals surface area contributed by atoms with E-state index < -0.39 is 7.59 Å². The van der Waals surface area contributed by atoms with Crippen LogP contribution in [0.5, 0.6) is 0 Å². The summed E-state index contributed by atoms with van der Waals surface area (Å²) >= 11 is 36.4. The number of hydrogen-bond donors (Lipinski definition) is 0. The fourth-order valence-corrected chi connectivity index (χ4v) is 8.32. The van der Waals surface area contributed by atoms with Gasteiger partial charge >= 0.3 is 175 Å². The van der Waals surface area contributed by atoms with Crippen molar-refractivity contribution in [3.05, 3.63) is 148 Å². The van der Waals surface area contributed by atoms with Gasteiger partial charge in [0.05, 0.1) is 0 Å². The molecule has 6 rings (SSSR count). The molecule has 0 heterocycles. The molecule has 0 bridgehead atoms. The number of rotatable bonds is 2. The van der Waals surface area contributed by atoms with E-state index in [0.29, 0.717) is 11.1 Å². The molecule has 0 N–H and O–H groups in total. The Bertz CT molecular complexity index is 2060. The smallest absolute Gasteiger partial charge is 0.109 e. The van der Waals surface area contributed by atoms with Gasteiger partial charge in [0, 0.05) is 0 Å². The number of allylic oxidation sites excluding steroid dienone is 4. The van der Waals surface area contributed by atoms with E-state index in [4.69, 9.17) is 69.6 Å². The molecular formula is C49H54Cl8Zr-2. The van der Waals surface area contributed by atoms with Crippen LogP contribution in [0.25, 0.3) is 21.5 Å². The van der Waals surface area contributed by atoms with E-state index in [0.717, 1.165) is 17.5 Å². The fourth-order valence-electron chi connectivity index (χ4n) is 6.75. The van der Waals surface area contributed by atoms with E-state index >= 15 is 0 Å². The summed E-state index contributed by atoms with van der Waals surface area (Å²) in [5.41, 5.74) is 9.81. The number of alkyl halides is 6. The fraction of sp³-hybridized carbons (Fsp3) is 0.388. The molecule has 0 aromatic heterocycles. The van der Waals surface area contributed by atoms with Gasteiger partial charge in [-0.2, -0.15) is 6.08 Å². The molecule has 0 atom stereocenters. The van der Waals surface area contributed by atoms with Crippen LogP contribution in [0.15, 0.2) is 97.1 Å². The SMILES string of the molecule is CC(C)(C)c1cc2[cH-]c3cc(C(C)(C)C)c(C(C)(C)C)cc3c2cc1C(C)(C)C.ClC(Cl)(Cl)c1ccc([C](=[Zr+2])c2ccc(C(Cl)(Cl)Cl)cc2)cc1.[C-]1=CC=CC1.[Cl-].[Cl-]. The van der Waals surface area contributed by atoms with E-state index in [1.54, 1.807) is 0 Å². The van der Waals surface area contributed by atoms with Crippen LogP contribution in [0.4, 0.5) is 0 Å². The molecule has 0 fully saturated rings. The second-order valence-electron chi connectivity index (χ2n) is 18.6. The average Bonchev–Trinajstić information content (AvgIpc) is 3.77. The molecule has 0 saturated heterocycles. The van der Waals surface area contributed by atoms with Gasteiger partial charge in [0.1, 0.15) is 0 Å². The monoisotopic (exact) mass is 1010 g/mol. The maximum Gasteiger partial charge on any atom is -0.109 e. The molecule has 0 unspecified atom stereocenters. The first-order valence-electron chi connectivity index (χ1n) is 18.9.